The fourth-order valence-corrected chi connectivity index (χ4v) is 3.40. The van der Waals surface area contributed by atoms with Crippen molar-refractivity contribution in [2.24, 2.45) is 5.92 Å². The molecule has 1 N–H and O–H groups in total. The number of sulfonamides is 1. The van der Waals surface area contributed by atoms with Gasteiger partial charge in [0.25, 0.3) is 0 Å². The number of likely N-dealkylation sites (tertiary alicyclic amines) is 1. The van der Waals surface area contributed by atoms with Crippen LogP contribution in [-0.4, -0.2) is 39.2 Å². The van der Waals surface area contributed by atoms with Crippen LogP contribution in [0.1, 0.15) is 31.4 Å². The average Bonchev–Trinajstić information content (AvgIpc) is 2.44. The summed E-state index contributed by atoms with van der Waals surface area (Å²) in [6.07, 6.45) is 3.24. The molecule has 2 atom stereocenters. The van der Waals surface area contributed by atoms with E-state index in [4.69, 9.17) is 0 Å². The second kappa shape index (κ2) is 6.85. The fraction of sp³-hybridized carbons (Fsp3) is 0.600. The molecule has 4 nitrogen and oxygen atoms in total. The van der Waals surface area contributed by atoms with Crippen LogP contribution >= 0.6 is 0 Å². The third kappa shape index (κ3) is 5.05. The molecule has 1 heterocycles. The molecule has 21 heavy (non-hydrogen) atoms. The molecule has 1 aromatic carbocycles. The second-order valence-electron chi connectivity index (χ2n) is 5.85. The van der Waals surface area contributed by atoms with E-state index in [2.05, 4.69) is 16.5 Å². The van der Waals surface area contributed by atoms with E-state index in [0.29, 0.717) is 12.5 Å². The molecule has 1 fully saturated rings. The van der Waals surface area contributed by atoms with Crippen molar-refractivity contribution < 1.29 is 12.8 Å². The van der Waals surface area contributed by atoms with Gasteiger partial charge in [-0.3, -0.25) is 4.90 Å². The summed E-state index contributed by atoms with van der Waals surface area (Å²) in [4.78, 5) is 2.30. The smallest absolute Gasteiger partial charge is 0.208 e. The molecule has 1 aliphatic heterocycles. The Bertz CT molecular complexity index is 577. The molecule has 0 bridgehead atoms. The minimum Gasteiger partial charge on any atom is -0.296 e. The van der Waals surface area contributed by atoms with Crippen LogP contribution in [0.3, 0.4) is 0 Å². The Morgan fingerprint density at radius 1 is 1.48 bits per heavy atom. The minimum atomic E-state index is -3.14. The van der Waals surface area contributed by atoms with Crippen molar-refractivity contribution >= 4 is 10.0 Å². The Labute approximate surface area is 126 Å². The minimum absolute atomic E-state index is 0.140. The van der Waals surface area contributed by atoms with E-state index in [9.17, 15) is 12.8 Å². The molecule has 1 aromatic rings. The molecule has 0 radical (unpaired) electrons. The topological polar surface area (TPSA) is 49.4 Å². The lowest BCUT2D eigenvalue weighted by Gasteiger charge is -2.37. The SMILES string of the molecule is CC(c1cccc(F)c1)N1CCCC(CNS(C)(=O)=O)C1. The van der Waals surface area contributed by atoms with Crippen LogP contribution in [-0.2, 0) is 10.0 Å². The van der Waals surface area contributed by atoms with Gasteiger partial charge in [-0.15, -0.1) is 0 Å². The van der Waals surface area contributed by atoms with Gasteiger partial charge in [-0.05, 0) is 49.9 Å². The summed E-state index contributed by atoms with van der Waals surface area (Å²) < 4.78 is 38.3. The number of hydrogen-bond acceptors (Lipinski definition) is 3. The number of benzene rings is 1. The first-order valence-corrected chi connectivity index (χ1v) is 9.18. The fourth-order valence-electron chi connectivity index (χ4n) is 2.86. The largest absolute Gasteiger partial charge is 0.296 e. The summed E-state index contributed by atoms with van der Waals surface area (Å²) in [5.41, 5.74) is 0.965. The van der Waals surface area contributed by atoms with Gasteiger partial charge in [-0.2, -0.15) is 0 Å². The zero-order valence-electron chi connectivity index (χ0n) is 12.5. The van der Waals surface area contributed by atoms with E-state index in [-0.39, 0.29) is 11.9 Å². The van der Waals surface area contributed by atoms with E-state index in [1.165, 1.54) is 12.3 Å². The van der Waals surface area contributed by atoms with E-state index in [1.54, 1.807) is 12.1 Å². The molecular formula is C15H23FN2O2S. The number of halogens is 1. The molecule has 6 heteroatoms. The molecule has 2 unspecified atom stereocenters. The van der Waals surface area contributed by atoms with E-state index >= 15 is 0 Å². The van der Waals surface area contributed by atoms with Crippen LogP contribution in [0.5, 0.6) is 0 Å². The van der Waals surface area contributed by atoms with Gasteiger partial charge in [-0.25, -0.2) is 17.5 Å². The summed E-state index contributed by atoms with van der Waals surface area (Å²) in [5, 5.41) is 0. The molecule has 0 aromatic heterocycles. The summed E-state index contributed by atoms with van der Waals surface area (Å²) in [6.45, 7) is 4.35. The van der Waals surface area contributed by atoms with Gasteiger partial charge in [0, 0.05) is 19.1 Å². The summed E-state index contributed by atoms with van der Waals surface area (Å²) >= 11 is 0. The Kier molecular flexibility index (Phi) is 5.35. The van der Waals surface area contributed by atoms with Crippen molar-refractivity contribution in [2.75, 3.05) is 25.9 Å². The molecule has 0 spiro atoms. The second-order valence-corrected chi connectivity index (χ2v) is 7.69. The number of nitrogens with one attached hydrogen (secondary N) is 1. The Morgan fingerprint density at radius 3 is 2.90 bits per heavy atom. The van der Waals surface area contributed by atoms with Crippen LogP contribution in [0.2, 0.25) is 0 Å². The van der Waals surface area contributed by atoms with Crippen LogP contribution in [0, 0.1) is 11.7 Å². The van der Waals surface area contributed by atoms with E-state index in [0.717, 1.165) is 31.5 Å². The molecule has 0 amide bonds. The van der Waals surface area contributed by atoms with Crippen LogP contribution in [0.4, 0.5) is 4.39 Å². The highest BCUT2D eigenvalue weighted by Crippen LogP contribution is 2.26. The van der Waals surface area contributed by atoms with Gasteiger partial charge in [0.15, 0.2) is 0 Å². The van der Waals surface area contributed by atoms with Crippen LogP contribution < -0.4 is 4.72 Å². The van der Waals surface area contributed by atoms with Crippen molar-refractivity contribution in [2.45, 2.75) is 25.8 Å². The summed E-state index contributed by atoms with van der Waals surface area (Å²) in [5.74, 6) is 0.0936. The Morgan fingerprint density at radius 2 is 2.24 bits per heavy atom. The predicted molar refractivity (Wildman–Crippen MR) is 82.0 cm³/mol. The van der Waals surface area contributed by atoms with Crippen molar-refractivity contribution in [3.05, 3.63) is 35.6 Å². The van der Waals surface area contributed by atoms with Gasteiger partial charge in [0.1, 0.15) is 5.82 Å². The molecule has 118 valence electrons. The first-order valence-electron chi connectivity index (χ1n) is 7.29. The van der Waals surface area contributed by atoms with Crippen molar-refractivity contribution in [1.29, 1.82) is 0 Å². The normalized spacial score (nSPS) is 22.1. The van der Waals surface area contributed by atoms with Gasteiger partial charge in [0.05, 0.1) is 6.26 Å². The highest BCUT2D eigenvalue weighted by molar-refractivity contribution is 7.88. The standard InChI is InChI=1S/C15H23FN2O2S/c1-12(14-6-3-7-15(16)9-14)18-8-4-5-13(11-18)10-17-21(2,19)20/h3,6-7,9,12-13,17H,4-5,8,10-11H2,1-2H3. The van der Waals surface area contributed by atoms with Crippen molar-refractivity contribution in [1.82, 2.24) is 9.62 Å². The monoisotopic (exact) mass is 314 g/mol. The average molecular weight is 314 g/mol. The van der Waals surface area contributed by atoms with Crippen molar-refractivity contribution in [3.63, 3.8) is 0 Å². The molecule has 2 rings (SSSR count). The van der Waals surface area contributed by atoms with E-state index < -0.39 is 10.0 Å². The highest BCUT2D eigenvalue weighted by Gasteiger charge is 2.25. The molecule has 1 aliphatic rings. The van der Waals surface area contributed by atoms with Gasteiger partial charge >= 0.3 is 0 Å². The lowest BCUT2D eigenvalue weighted by molar-refractivity contribution is 0.133. The lowest BCUT2D eigenvalue weighted by Crippen LogP contribution is -2.41. The molecule has 1 saturated heterocycles. The number of nitrogens with zero attached hydrogens (tertiary/aromatic N) is 1. The zero-order chi connectivity index (χ0) is 15.5. The third-order valence-electron chi connectivity index (χ3n) is 4.06. The summed E-state index contributed by atoms with van der Waals surface area (Å²) in [7, 11) is -3.14. The maximum Gasteiger partial charge on any atom is 0.208 e. The third-order valence-corrected chi connectivity index (χ3v) is 4.75. The Balaban J connectivity index is 1.97. The molecular weight excluding hydrogens is 291 g/mol. The number of hydrogen-bond donors (Lipinski definition) is 1. The highest BCUT2D eigenvalue weighted by atomic mass is 32.2. The van der Waals surface area contributed by atoms with Gasteiger partial charge in [-0.1, -0.05) is 12.1 Å². The summed E-state index contributed by atoms with van der Waals surface area (Å²) in [6, 6.07) is 6.83. The molecule has 0 aliphatic carbocycles. The lowest BCUT2D eigenvalue weighted by atomic mass is 9.95. The maximum absolute atomic E-state index is 13.3. The first kappa shape index (κ1) is 16.4. The number of piperidine rings is 1. The number of rotatable bonds is 5. The van der Waals surface area contributed by atoms with Crippen molar-refractivity contribution in [3.8, 4) is 0 Å². The zero-order valence-corrected chi connectivity index (χ0v) is 13.4. The van der Waals surface area contributed by atoms with E-state index in [1.807, 2.05) is 6.07 Å². The first-order chi connectivity index (χ1) is 9.85. The van der Waals surface area contributed by atoms with Crippen LogP contribution in [0.25, 0.3) is 0 Å². The van der Waals surface area contributed by atoms with Gasteiger partial charge in [0.2, 0.25) is 10.0 Å². The quantitative estimate of drug-likeness (QED) is 0.906. The maximum atomic E-state index is 13.3. The Hall–Kier alpha value is -0.980. The molecule has 0 saturated carbocycles. The van der Waals surface area contributed by atoms with Gasteiger partial charge < -0.3 is 0 Å². The van der Waals surface area contributed by atoms with Crippen LogP contribution in [0.15, 0.2) is 24.3 Å². The predicted octanol–water partition coefficient (Wildman–Crippen LogP) is 2.15.